The number of nitrogens with zero attached hydrogens (tertiary/aromatic N) is 2. The van der Waals surface area contributed by atoms with Crippen molar-refractivity contribution in [2.45, 2.75) is 58.2 Å². The molecule has 43 heavy (non-hydrogen) atoms. The van der Waals surface area contributed by atoms with E-state index in [1.54, 1.807) is 20.1 Å². The minimum atomic E-state index is -1.47. The zero-order valence-electron chi connectivity index (χ0n) is 24.9. The zero-order chi connectivity index (χ0) is 31.4. The van der Waals surface area contributed by atoms with E-state index in [2.05, 4.69) is 15.3 Å². The summed E-state index contributed by atoms with van der Waals surface area (Å²) in [6.45, 7) is 7.33. The average Bonchev–Trinajstić information content (AvgIpc) is 2.97. The van der Waals surface area contributed by atoms with Crippen molar-refractivity contribution in [1.29, 1.82) is 0 Å². The summed E-state index contributed by atoms with van der Waals surface area (Å²) in [5.74, 6) is -0.934. The molecule has 4 aromatic rings. The minimum absolute atomic E-state index is 0.00859. The summed E-state index contributed by atoms with van der Waals surface area (Å²) in [5.41, 5.74) is 0.714. The van der Waals surface area contributed by atoms with Crippen LogP contribution in [-0.2, 0) is 20.7 Å². The van der Waals surface area contributed by atoms with Gasteiger partial charge in [-0.05, 0) is 101 Å². The second-order valence-electron chi connectivity index (χ2n) is 11.2. The molecule has 1 fully saturated rings. The fourth-order valence-electron chi connectivity index (χ4n) is 5.14. The van der Waals surface area contributed by atoms with E-state index in [-0.39, 0.29) is 17.8 Å². The third-order valence-corrected chi connectivity index (χ3v) is 7.40. The number of aromatic nitrogens is 2. The Morgan fingerprint density at radius 3 is 2.40 bits per heavy atom. The lowest BCUT2D eigenvalue weighted by molar-refractivity contribution is -0.115. The molecule has 2 N–H and O–H groups in total. The molecule has 3 heterocycles. The Kier molecular flexibility index (Phi) is 9.72. The number of nitrogens with one attached hydrogen (secondary N) is 1. The summed E-state index contributed by atoms with van der Waals surface area (Å²) in [7, 11) is 1.56. The Morgan fingerprint density at radius 2 is 1.79 bits per heavy atom. The number of pyridine rings is 2. The maximum Gasteiger partial charge on any atom is 0.216 e. The lowest BCUT2D eigenvalue weighted by Crippen LogP contribution is -2.43. The molecule has 10 heteroatoms. The summed E-state index contributed by atoms with van der Waals surface area (Å²) in [4.78, 5) is 19.3. The quantitative estimate of drug-likeness (QED) is 0.190. The van der Waals surface area contributed by atoms with Gasteiger partial charge in [-0.2, -0.15) is 4.39 Å². The number of benzene rings is 2. The first kappa shape index (κ1) is 31.9. The maximum atomic E-state index is 15.2. The van der Waals surface area contributed by atoms with E-state index in [1.165, 1.54) is 44.2 Å². The van der Waals surface area contributed by atoms with Gasteiger partial charge < -0.3 is 19.9 Å². The predicted molar refractivity (Wildman–Crippen MR) is 158 cm³/mol. The van der Waals surface area contributed by atoms with Crippen molar-refractivity contribution in [3.63, 3.8) is 0 Å². The molecule has 1 aliphatic heterocycles. The highest BCUT2D eigenvalue weighted by Crippen LogP contribution is 2.38. The minimum Gasteiger partial charge on any atom is -0.494 e. The molecular weight excluding hydrogens is 559 g/mol. The number of rotatable bonds is 7. The summed E-state index contributed by atoms with van der Waals surface area (Å²) < 4.78 is 53.1. The number of ether oxygens (including phenoxy) is 2. The van der Waals surface area contributed by atoms with Gasteiger partial charge in [-0.15, -0.1) is 0 Å². The van der Waals surface area contributed by atoms with Crippen LogP contribution in [0.3, 0.4) is 0 Å². The van der Waals surface area contributed by atoms with Crippen molar-refractivity contribution in [3.05, 3.63) is 88.5 Å². The van der Waals surface area contributed by atoms with Gasteiger partial charge in [0.25, 0.3) is 0 Å². The third-order valence-electron chi connectivity index (χ3n) is 7.40. The average molecular weight is 596 g/mol. The lowest BCUT2D eigenvalue weighted by Gasteiger charge is -2.37. The van der Waals surface area contributed by atoms with Crippen LogP contribution in [0.2, 0.25) is 0 Å². The Labute approximate surface area is 249 Å². The van der Waals surface area contributed by atoms with Crippen molar-refractivity contribution < 1.29 is 32.5 Å². The van der Waals surface area contributed by atoms with Crippen molar-refractivity contribution >= 4 is 17.3 Å². The molecule has 228 valence electrons. The van der Waals surface area contributed by atoms with Crippen molar-refractivity contribution in [2.75, 3.05) is 20.3 Å². The largest absolute Gasteiger partial charge is 0.494 e. The summed E-state index contributed by atoms with van der Waals surface area (Å²) in [5, 5.41) is 14.1. The zero-order valence-corrected chi connectivity index (χ0v) is 24.9. The maximum absolute atomic E-state index is 15.2. The predicted octanol–water partition coefficient (Wildman–Crippen LogP) is 6.40. The number of aliphatic hydroxyl groups is 1. The van der Waals surface area contributed by atoms with Crippen LogP contribution in [-0.4, -0.2) is 41.7 Å². The van der Waals surface area contributed by atoms with Crippen LogP contribution in [0.25, 0.3) is 22.2 Å². The molecule has 0 saturated carbocycles. The number of carbonyl (C=O) groups excluding carboxylic acids is 1. The van der Waals surface area contributed by atoms with Gasteiger partial charge in [-0.3, -0.25) is 4.79 Å². The molecule has 1 saturated heterocycles. The van der Waals surface area contributed by atoms with Crippen LogP contribution in [0.4, 0.5) is 13.2 Å². The molecule has 0 bridgehead atoms. The van der Waals surface area contributed by atoms with Crippen LogP contribution in [0.15, 0.2) is 48.5 Å². The molecule has 1 unspecified atom stereocenters. The van der Waals surface area contributed by atoms with E-state index in [0.29, 0.717) is 47.5 Å². The highest BCUT2D eigenvalue weighted by Gasteiger charge is 2.39. The van der Waals surface area contributed by atoms with Gasteiger partial charge in [0.1, 0.15) is 28.4 Å². The van der Waals surface area contributed by atoms with E-state index in [1.807, 2.05) is 19.1 Å². The second kappa shape index (κ2) is 13.1. The van der Waals surface area contributed by atoms with E-state index < -0.39 is 28.8 Å². The number of hydrogen-bond donors (Lipinski definition) is 2. The fourth-order valence-corrected chi connectivity index (χ4v) is 5.14. The number of carbonyl (C=O) groups is 1. The standard InChI is InChI=1S/C21H24F2N2O3.C12H12FNO/c1-20(2,27)16-11-17(21(12-24-13-26)9-3-4-10-28-21)25-19(18(16)23)14-5-7-15(22)8-6-14;1-7-4-9-6-8(2)12(13)14-11(9)10(5-7)15-3/h5-8,11,13,27H,3-4,9-10,12H2,1-2H3,(H,24,26);4-6H,1-3H3. The van der Waals surface area contributed by atoms with Gasteiger partial charge in [0.05, 0.1) is 24.9 Å². The Balaban J connectivity index is 0.000000237. The van der Waals surface area contributed by atoms with Gasteiger partial charge in [-0.25, -0.2) is 18.7 Å². The molecule has 7 nitrogen and oxygen atoms in total. The SMILES string of the molecule is CC(C)(O)c1cc(C2(CNC=O)CCCCO2)nc(-c2ccc(F)cc2)c1F.COc1cc(C)cc2cc(C)c(F)nc12. The van der Waals surface area contributed by atoms with E-state index in [0.717, 1.165) is 23.8 Å². The molecule has 0 spiro atoms. The molecule has 0 aliphatic carbocycles. The Morgan fingerprint density at radius 1 is 1.07 bits per heavy atom. The molecular formula is C33H36F3N3O4. The summed E-state index contributed by atoms with van der Waals surface area (Å²) >= 11 is 0. The number of fused-ring (bicyclic) bond motifs is 1. The monoisotopic (exact) mass is 595 g/mol. The Hall–Kier alpha value is -4.02. The smallest absolute Gasteiger partial charge is 0.216 e. The van der Waals surface area contributed by atoms with Crippen LogP contribution in [0.5, 0.6) is 5.75 Å². The highest BCUT2D eigenvalue weighted by atomic mass is 19.1. The molecule has 1 atom stereocenters. The normalized spacial score (nSPS) is 16.8. The number of amides is 1. The molecule has 5 rings (SSSR count). The first-order chi connectivity index (χ1) is 20.4. The molecule has 2 aromatic heterocycles. The van der Waals surface area contributed by atoms with Gasteiger partial charge in [0.2, 0.25) is 12.4 Å². The van der Waals surface area contributed by atoms with Crippen LogP contribution >= 0.6 is 0 Å². The topological polar surface area (TPSA) is 93.6 Å². The van der Waals surface area contributed by atoms with Gasteiger partial charge in [-0.1, -0.05) is 0 Å². The van der Waals surface area contributed by atoms with Crippen LogP contribution in [0, 0.1) is 31.4 Å². The molecule has 0 radical (unpaired) electrons. The summed E-state index contributed by atoms with van der Waals surface area (Å²) in [6.07, 6.45) is 2.93. The van der Waals surface area contributed by atoms with Gasteiger partial charge >= 0.3 is 0 Å². The molecule has 1 aliphatic rings. The van der Waals surface area contributed by atoms with E-state index in [4.69, 9.17) is 9.47 Å². The first-order valence-corrected chi connectivity index (χ1v) is 14.0. The van der Waals surface area contributed by atoms with Crippen LogP contribution < -0.4 is 10.1 Å². The van der Waals surface area contributed by atoms with Gasteiger partial charge in [0.15, 0.2) is 5.82 Å². The highest BCUT2D eigenvalue weighted by molar-refractivity contribution is 5.85. The number of aryl methyl sites for hydroxylation is 2. The fraction of sp³-hybridized carbons (Fsp3) is 0.364. The Bertz CT molecular complexity index is 1600. The molecule has 1 amide bonds. The third kappa shape index (κ3) is 7.14. The second-order valence-corrected chi connectivity index (χ2v) is 11.2. The van der Waals surface area contributed by atoms with Crippen LogP contribution in [0.1, 0.15) is 55.5 Å². The van der Waals surface area contributed by atoms with Crippen molar-refractivity contribution in [1.82, 2.24) is 15.3 Å². The molecule has 2 aromatic carbocycles. The van der Waals surface area contributed by atoms with Crippen molar-refractivity contribution in [2.24, 2.45) is 0 Å². The summed E-state index contributed by atoms with van der Waals surface area (Å²) in [6, 6.07) is 12.4. The van der Waals surface area contributed by atoms with Crippen molar-refractivity contribution in [3.8, 4) is 17.0 Å². The number of halogens is 3. The number of hydrogen-bond acceptors (Lipinski definition) is 6. The van der Waals surface area contributed by atoms with E-state index >= 15 is 4.39 Å². The first-order valence-electron chi connectivity index (χ1n) is 14.0. The lowest BCUT2D eigenvalue weighted by atomic mass is 9.86. The van der Waals surface area contributed by atoms with Gasteiger partial charge in [0, 0.05) is 28.7 Å². The van der Waals surface area contributed by atoms with E-state index in [9.17, 15) is 18.7 Å². The number of methoxy groups -OCH3 is 1.